The zero-order chi connectivity index (χ0) is 18.9. The van der Waals surface area contributed by atoms with Gasteiger partial charge in [0.2, 0.25) is 0 Å². The maximum absolute atomic E-state index is 14.3. The second-order valence-electron chi connectivity index (χ2n) is 6.03. The SMILES string of the molecule is CC1(c2ccc(Cl)cc2F)Oc2cccc(C(=O)CCC(=O)CO)c2O1. The highest BCUT2D eigenvalue weighted by atomic mass is 35.5. The van der Waals surface area contributed by atoms with Gasteiger partial charge in [-0.2, -0.15) is 0 Å². The molecule has 26 heavy (non-hydrogen) atoms. The lowest BCUT2D eigenvalue weighted by molar-refractivity contribution is -0.121. The van der Waals surface area contributed by atoms with Crippen molar-refractivity contribution in [2.24, 2.45) is 0 Å². The van der Waals surface area contributed by atoms with E-state index in [1.54, 1.807) is 25.1 Å². The molecule has 1 N–H and O–H groups in total. The Kier molecular flexibility index (Phi) is 4.98. The van der Waals surface area contributed by atoms with Crippen LogP contribution in [0.15, 0.2) is 36.4 Å². The van der Waals surface area contributed by atoms with Crippen LogP contribution in [0, 0.1) is 5.82 Å². The van der Waals surface area contributed by atoms with E-state index in [2.05, 4.69) is 0 Å². The van der Waals surface area contributed by atoms with Crippen molar-refractivity contribution in [2.75, 3.05) is 6.61 Å². The molecule has 1 aliphatic heterocycles. The Bertz CT molecular complexity index is 882. The predicted molar refractivity (Wildman–Crippen MR) is 92.1 cm³/mol. The van der Waals surface area contributed by atoms with Crippen molar-refractivity contribution in [1.29, 1.82) is 0 Å². The minimum Gasteiger partial charge on any atom is -0.444 e. The van der Waals surface area contributed by atoms with E-state index < -0.39 is 24.0 Å². The molecule has 2 aromatic carbocycles. The minimum absolute atomic E-state index is 0.0643. The summed E-state index contributed by atoms with van der Waals surface area (Å²) >= 11 is 5.79. The van der Waals surface area contributed by atoms with Crippen molar-refractivity contribution < 1.29 is 28.6 Å². The number of aliphatic hydroxyl groups excluding tert-OH is 1. The summed E-state index contributed by atoms with van der Waals surface area (Å²) in [4.78, 5) is 23.6. The van der Waals surface area contributed by atoms with Gasteiger partial charge in [-0.1, -0.05) is 17.7 Å². The Hall–Kier alpha value is -2.44. The maximum Gasteiger partial charge on any atom is 0.278 e. The quantitative estimate of drug-likeness (QED) is 0.777. The topological polar surface area (TPSA) is 72.8 Å². The maximum atomic E-state index is 14.3. The molecule has 136 valence electrons. The summed E-state index contributed by atoms with van der Waals surface area (Å²) in [6.07, 6.45) is -0.131. The molecule has 2 aromatic rings. The number of carbonyl (C=O) groups is 2. The summed E-state index contributed by atoms with van der Waals surface area (Å²) in [6.45, 7) is 0.941. The van der Waals surface area contributed by atoms with Gasteiger partial charge in [-0.05, 0) is 30.3 Å². The molecule has 3 rings (SSSR count). The van der Waals surface area contributed by atoms with Gasteiger partial charge < -0.3 is 14.6 Å². The highest BCUT2D eigenvalue weighted by molar-refractivity contribution is 6.30. The summed E-state index contributed by atoms with van der Waals surface area (Å²) in [5.41, 5.74) is 0.387. The lowest BCUT2D eigenvalue weighted by Crippen LogP contribution is -2.32. The lowest BCUT2D eigenvalue weighted by Gasteiger charge is -2.24. The number of halogens is 2. The van der Waals surface area contributed by atoms with Crippen LogP contribution in [-0.4, -0.2) is 23.3 Å². The number of carbonyl (C=O) groups excluding carboxylic acids is 2. The van der Waals surface area contributed by atoms with Crippen LogP contribution in [0.1, 0.15) is 35.7 Å². The average molecular weight is 379 g/mol. The predicted octanol–water partition coefficient (Wildman–Crippen LogP) is 3.65. The first-order valence-corrected chi connectivity index (χ1v) is 8.34. The largest absolute Gasteiger partial charge is 0.444 e. The first-order chi connectivity index (χ1) is 12.3. The van der Waals surface area contributed by atoms with Crippen LogP contribution in [0.3, 0.4) is 0 Å². The Morgan fingerprint density at radius 2 is 1.96 bits per heavy atom. The molecule has 0 saturated heterocycles. The van der Waals surface area contributed by atoms with Crippen molar-refractivity contribution >= 4 is 23.2 Å². The molecule has 0 aromatic heterocycles. The summed E-state index contributed by atoms with van der Waals surface area (Å²) in [7, 11) is 0. The normalized spacial score (nSPS) is 18.0. The Morgan fingerprint density at radius 1 is 1.19 bits per heavy atom. The Balaban J connectivity index is 1.89. The smallest absolute Gasteiger partial charge is 0.278 e. The second-order valence-corrected chi connectivity index (χ2v) is 6.46. The van der Waals surface area contributed by atoms with Gasteiger partial charge in [0.05, 0.1) is 11.1 Å². The summed E-state index contributed by atoms with van der Waals surface area (Å²) in [5.74, 6) is -2.28. The lowest BCUT2D eigenvalue weighted by atomic mass is 10.0. The number of fused-ring (bicyclic) bond motifs is 1. The van der Waals surface area contributed by atoms with Gasteiger partial charge in [-0.3, -0.25) is 9.59 Å². The summed E-state index contributed by atoms with van der Waals surface area (Å²) < 4.78 is 25.9. The molecule has 7 heteroatoms. The van der Waals surface area contributed by atoms with E-state index in [-0.39, 0.29) is 40.5 Å². The van der Waals surface area contributed by atoms with Crippen molar-refractivity contribution in [1.82, 2.24) is 0 Å². The zero-order valence-corrected chi connectivity index (χ0v) is 14.7. The number of Topliss-reactive ketones (excluding diaryl/α,β-unsaturated/α-hetero) is 2. The highest BCUT2D eigenvalue weighted by Crippen LogP contribution is 2.47. The summed E-state index contributed by atoms with van der Waals surface area (Å²) in [5, 5.41) is 9.01. The number of hydrogen-bond donors (Lipinski definition) is 1. The molecule has 0 saturated carbocycles. The average Bonchev–Trinajstić information content (AvgIpc) is 2.95. The van der Waals surface area contributed by atoms with Crippen LogP contribution in [0.25, 0.3) is 0 Å². The molecule has 5 nitrogen and oxygen atoms in total. The number of ketones is 2. The van der Waals surface area contributed by atoms with Crippen molar-refractivity contribution in [3.8, 4) is 11.5 Å². The third kappa shape index (κ3) is 3.43. The number of rotatable bonds is 6. The number of para-hydroxylation sites is 1. The van der Waals surface area contributed by atoms with Gasteiger partial charge in [0.1, 0.15) is 12.4 Å². The number of ether oxygens (including phenoxy) is 2. The standard InChI is InChI=1S/C19H16ClFO5/c1-19(14-7-5-11(20)9-15(14)21)25-17-4-2-3-13(18(17)26-19)16(24)8-6-12(23)10-22/h2-5,7,9,22H,6,8,10H2,1H3. The van der Waals surface area contributed by atoms with Crippen LogP contribution >= 0.6 is 11.6 Å². The van der Waals surface area contributed by atoms with Crippen LogP contribution < -0.4 is 9.47 Å². The molecule has 0 bridgehead atoms. The third-order valence-corrected chi connectivity index (χ3v) is 4.34. The molecule has 1 aliphatic rings. The molecule has 0 amide bonds. The van der Waals surface area contributed by atoms with Gasteiger partial charge in [0, 0.05) is 24.8 Å². The second kappa shape index (κ2) is 7.05. The number of benzene rings is 2. The minimum atomic E-state index is -1.45. The number of hydrogen-bond acceptors (Lipinski definition) is 5. The fourth-order valence-electron chi connectivity index (χ4n) is 2.78. The van der Waals surface area contributed by atoms with E-state index in [1.165, 1.54) is 12.1 Å². The zero-order valence-electron chi connectivity index (χ0n) is 13.9. The first kappa shape index (κ1) is 18.4. The molecule has 0 spiro atoms. The van der Waals surface area contributed by atoms with Crippen molar-refractivity contribution in [3.63, 3.8) is 0 Å². The van der Waals surface area contributed by atoms with Gasteiger partial charge in [-0.15, -0.1) is 0 Å². The van der Waals surface area contributed by atoms with Crippen LogP contribution in [0.4, 0.5) is 4.39 Å². The van der Waals surface area contributed by atoms with E-state index in [4.69, 9.17) is 26.2 Å². The number of aliphatic hydroxyl groups is 1. The molecule has 0 fully saturated rings. The summed E-state index contributed by atoms with van der Waals surface area (Å²) in [6, 6.07) is 8.93. The van der Waals surface area contributed by atoms with E-state index in [0.29, 0.717) is 5.75 Å². The molecular formula is C19H16ClFO5. The van der Waals surface area contributed by atoms with E-state index in [9.17, 15) is 14.0 Å². The monoisotopic (exact) mass is 378 g/mol. The van der Waals surface area contributed by atoms with Gasteiger partial charge >= 0.3 is 0 Å². The Morgan fingerprint density at radius 3 is 2.65 bits per heavy atom. The van der Waals surface area contributed by atoms with E-state index in [0.717, 1.165) is 6.07 Å². The van der Waals surface area contributed by atoms with Gasteiger partial charge in [-0.25, -0.2) is 4.39 Å². The van der Waals surface area contributed by atoms with Crippen LogP contribution in [0.2, 0.25) is 5.02 Å². The van der Waals surface area contributed by atoms with Crippen molar-refractivity contribution in [3.05, 3.63) is 58.4 Å². The van der Waals surface area contributed by atoms with Crippen molar-refractivity contribution in [2.45, 2.75) is 25.6 Å². The van der Waals surface area contributed by atoms with Crippen LogP contribution in [-0.2, 0) is 10.6 Å². The van der Waals surface area contributed by atoms with Gasteiger partial charge in [0.15, 0.2) is 23.1 Å². The third-order valence-electron chi connectivity index (χ3n) is 4.11. The molecule has 1 atom stereocenters. The molecule has 0 radical (unpaired) electrons. The molecule has 1 unspecified atom stereocenters. The Labute approximate surface area is 154 Å². The fourth-order valence-corrected chi connectivity index (χ4v) is 2.94. The molecule has 0 aliphatic carbocycles. The highest BCUT2D eigenvalue weighted by Gasteiger charge is 2.42. The first-order valence-electron chi connectivity index (χ1n) is 7.96. The fraction of sp³-hybridized carbons (Fsp3) is 0.263. The van der Waals surface area contributed by atoms with E-state index in [1.807, 2.05) is 0 Å². The van der Waals surface area contributed by atoms with Gasteiger partial charge in [0.25, 0.3) is 5.79 Å². The molecular weight excluding hydrogens is 363 g/mol. The van der Waals surface area contributed by atoms with E-state index >= 15 is 0 Å². The molecule has 1 heterocycles. The van der Waals surface area contributed by atoms with Crippen LogP contribution in [0.5, 0.6) is 11.5 Å².